The molecule has 16 heavy (non-hydrogen) atoms. The second-order valence-corrected chi connectivity index (χ2v) is 3.67. The fourth-order valence-corrected chi connectivity index (χ4v) is 1.61. The number of hydrogen-bond donors (Lipinski definition) is 1. The van der Waals surface area contributed by atoms with Gasteiger partial charge in [0.1, 0.15) is 5.75 Å². The van der Waals surface area contributed by atoms with Gasteiger partial charge in [-0.25, -0.2) is 0 Å². The molecule has 1 aromatic rings. The number of aliphatic hydroxyl groups excluding tert-OH is 1. The average molecular weight is 223 g/mol. The van der Waals surface area contributed by atoms with E-state index in [-0.39, 0.29) is 6.61 Å². The van der Waals surface area contributed by atoms with Gasteiger partial charge in [-0.05, 0) is 31.2 Å². The van der Waals surface area contributed by atoms with Crippen LogP contribution in [-0.4, -0.2) is 36.3 Å². The molecule has 1 aromatic carbocycles. The quantitative estimate of drug-likeness (QED) is 0.766. The number of nitrogens with zero attached hydrogens (tertiary/aromatic N) is 1. The highest BCUT2D eigenvalue weighted by molar-refractivity contribution is 5.27. The lowest BCUT2D eigenvalue weighted by Crippen LogP contribution is -2.25. The molecule has 0 aromatic heterocycles. The molecule has 0 radical (unpaired) electrons. The number of aliphatic hydroxyl groups is 1. The summed E-state index contributed by atoms with van der Waals surface area (Å²) >= 11 is 0. The second-order valence-electron chi connectivity index (χ2n) is 3.67. The molecular weight excluding hydrogens is 202 g/mol. The first-order chi connectivity index (χ1) is 7.80. The van der Waals surface area contributed by atoms with Gasteiger partial charge in [-0.2, -0.15) is 0 Å². The lowest BCUT2D eigenvalue weighted by molar-refractivity contribution is 0.197. The third kappa shape index (κ3) is 4.21. The van der Waals surface area contributed by atoms with E-state index in [9.17, 15) is 0 Å². The van der Waals surface area contributed by atoms with Gasteiger partial charge in [-0.3, -0.25) is 4.90 Å². The molecule has 0 spiro atoms. The fourth-order valence-electron chi connectivity index (χ4n) is 1.61. The van der Waals surface area contributed by atoms with Gasteiger partial charge in [0, 0.05) is 13.1 Å². The molecule has 0 unspecified atom stereocenters. The summed E-state index contributed by atoms with van der Waals surface area (Å²) in [5, 5.41) is 8.90. The number of ether oxygens (including phenoxy) is 1. The summed E-state index contributed by atoms with van der Waals surface area (Å²) in [5.41, 5.74) is 1.25. The lowest BCUT2D eigenvalue weighted by Gasteiger charge is -2.19. The third-order valence-electron chi connectivity index (χ3n) is 2.50. The zero-order chi connectivity index (χ0) is 11.8. The van der Waals surface area contributed by atoms with Crippen LogP contribution < -0.4 is 4.74 Å². The van der Waals surface area contributed by atoms with Gasteiger partial charge in [0.2, 0.25) is 0 Å². The Morgan fingerprint density at radius 1 is 1.19 bits per heavy atom. The van der Waals surface area contributed by atoms with Crippen molar-refractivity contribution >= 4 is 0 Å². The van der Waals surface area contributed by atoms with E-state index in [0.29, 0.717) is 6.61 Å². The Labute approximate surface area is 97.7 Å². The first-order valence-corrected chi connectivity index (χ1v) is 5.85. The van der Waals surface area contributed by atoms with E-state index < -0.39 is 0 Å². The molecule has 1 N–H and O–H groups in total. The molecule has 1 rings (SSSR count). The van der Waals surface area contributed by atoms with Crippen molar-refractivity contribution in [3.8, 4) is 5.75 Å². The maximum absolute atomic E-state index is 8.90. The van der Waals surface area contributed by atoms with Crippen LogP contribution in [0.15, 0.2) is 24.3 Å². The molecule has 0 saturated carbocycles. The van der Waals surface area contributed by atoms with Gasteiger partial charge in [-0.1, -0.05) is 19.1 Å². The Morgan fingerprint density at radius 2 is 1.88 bits per heavy atom. The van der Waals surface area contributed by atoms with Crippen molar-refractivity contribution < 1.29 is 9.84 Å². The predicted molar refractivity (Wildman–Crippen MR) is 65.6 cm³/mol. The first-order valence-electron chi connectivity index (χ1n) is 5.85. The minimum absolute atomic E-state index is 0.213. The van der Waals surface area contributed by atoms with E-state index in [4.69, 9.17) is 9.84 Å². The molecular formula is C13H21NO2. The summed E-state index contributed by atoms with van der Waals surface area (Å²) in [4.78, 5) is 2.20. The molecule has 0 amide bonds. The van der Waals surface area contributed by atoms with Crippen LogP contribution in [0.5, 0.6) is 5.75 Å². The summed E-state index contributed by atoms with van der Waals surface area (Å²) < 4.78 is 5.39. The molecule has 0 fully saturated rings. The molecule has 0 aliphatic heterocycles. The summed E-state index contributed by atoms with van der Waals surface area (Å²) in [6.07, 6.45) is 0. The highest BCUT2D eigenvalue weighted by atomic mass is 16.5. The van der Waals surface area contributed by atoms with Crippen LogP contribution in [-0.2, 0) is 6.54 Å². The molecule has 3 nitrogen and oxygen atoms in total. The van der Waals surface area contributed by atoms with Crippen molar-refractivity contribution in [1.29, 1.82) is 0 Å². The van der Waals surface area contributed by atoms with Crippen molar-refractivity contribution in [2.45, 2.75) is 20.4 Å². The van der Waals surface area contributed by atoms with Gasteiger partial charge < -0.3 is 9.84 Å². The Morgan fingerprint density at radius 3 is 2.38 bits per heavy atom. The molecule has 0 bridgehead atoms. The van der Waals surface area contributed by atoms with Gasteiger partial charge in [0.15, 0.2) is 0 Å². The molecule has 0 saturated heterocycles. The van der Waals surface area contributed by atoms with Gasteiger partial charge in [-0.15, -0.1) is 0 Å². The van der Waals surface area contributed by atoms with Crippen molar-refractivity contribution in [1.82, 2.24) is 4.90 Å². The molecule has 0 heterocycles. The smallest absolute Gasteiger partial charge is 0.119 e. The average Bonchev–Trinajstić information content (AvgIpc) is 2.31. The van der Waals surface area contributed by atoms with Crippen LogP contribution in [0.4, 0.5) is 0 Å². The van der Waals surface area contributed by atoms with Crippen LogP contribution in [0.25, 0.3) is 0 Å². The van der Waals surface area contributed by atoms with Crippen LogP contribution >= 0.6 is 0 Å². The Balaban J connectivity index is 2.53. The highest BCUT2D eigenvalue weighted by Gasteiger charge is 2.02. The predicted octanol–water partition coefficient (Wildman–Crippen LogP) is 1.90. The molecule has 3 heteroatoms. The monoisotopic (exact) mass is 223 g/mol. The topological polar surface area (TPSA) is 32.7 Å². The van der Waals surface area contributed by atoms with Gasteiger partial charge >= 0.3 is 0 Å². The number of benzene rings is 1. The molecule has 0 aliphatic carbocycles. The van der Waals surface area contributed by atoms with E-state index in [1.807, 2.05) is 19.1 Å². The number of hydrogen-bond acceptors (Lipinski definition) is 3. The maximum atomic E-state index is 8.90. The van der Waals surface area contributed by atoms with Crippen molar-refractivity contribution in [2.24, 2.45) is 0 Å². The second kappa shape index (κ2) is 7.25. The van der Waals surface area contributed by atoms with Crippen molar-refractivity contribution in [2.75, 3.05) is 26.3 Å². The minimum atomic E-state index is 0.213. The largest absolute Gasteiger partial charge is 0.494 e. The highest BCUT2D eigenvalue weighted by Crippen LogP contribution is 2.13. The van der Waals surface area contributed by atoms with Crippen LogP contribution in [0, 0.1) is 0 Å². The Hall–Kier alpha value is -1.06. The van der Waals surface area contributed by atoms with Crippen molar-refractivity contribution in [3.63, 3.8) is 0 Å². The normalized spacial score (nSPS) is 10.8. The maximum Gasteiger partial charge on any atom is 0.119 e. The summed E-state index contributed by atoms with van der Waals surface area (Å²) in [7, 11) is 0. The van der Waals surface area contributed by atoms with Gasteiger partial charge in [0.05, 0.1) is 13.2 Å². The zero-order valence-electron chi connectivity index (χ0n) is 10.1. The molecule has 0 atom stereocenters. The van der Waals surface area contributed by atoms with Crippen LogP contribution in [0.1, 0.15) is 19.4 Å². The summed E-state index contributed by atoms with van der Waals surface area (Å²) in [6, 6.07) is 8.13. The lowest BCUT2D eigenvalue weighted by atomic mass is 10.2. The minimum Gasteiger partial charge on any atom is -0.494 e. The van der Waals surface area contributed by atoms with Crippen LogP contribution in [0.3, 0.4) is 0 Å². The van der Waals surface area contributed by atoms with Crippen molar-refractivity contribution in [3.05, 3.63) is 29.8 Å². The molecule has 0 aliphatic rings. The number of likely N-dealkylation sites (N-methyl/N-ethyl adjacent to an activating group) is 1. The standard InChI is InChI=1S/C13H21NO2/c1-3-14(9-10-15)11-12-5-7-13(8-6-12)16-4-2/h5-8,15H,3-4,9-11H2,1-2H3. The number of rotatable bonds is 7. The zero-order valence-corrected chi connectivity index (χ0v) is 10.1. The van der Waals surface area contributed by atoms with E-state index in [2.05, 4.69) is 24.0 Å². The summed E-state index contributed by atoms with van der Waals surface area (Å²) in [5.74, 6) is 0.913. The van der Waals surface area contributed by atoms with E-state index in [1.165, 1.54) is 5.56 Å². The SMILES string of the molecule is CCOc1ccc(CN(CC)CCO)cc1. The van der Waals surface area contributed by atoms with E-state index in [1.54, 1.807) is 0 Å². The van der Waals surface area contributed by atoms with Crippen LogP contribution in [0.2, 0.25) is 0 Å². The fraction of sp³-hybridized carbons (Fsp3) is 0.538. The Bertz CT molecular complexity index is 284. The van der Waals surface area contributed by atoms with E-state index >= 15 is 0 Å². The van der Waals surface area contributed by atoms with E-state index in [0.717, 1.165) is 25.4 Å². The first kappa shape index (κ1) is 13.0. The molecule has 90 valence electrons. The Kier molecular flexibility index (Phi) is 5.90. The third-order valence-corrected chi connectivity index (χ3v) is 2.50. The summed E-state index contributed by atoms with van der Waals surface area (Å²) in [6.45, 7) is 7.55. The van der Waals surface area contributed by atoms with Gasteiger partial charge in [0.25, 0.3) is 0 Å².